The minimum Gasteiger partial charge on any atom is -0.465 e. The molecule has 37 heavy (non-hydrogen) atoms. The first kappa shape index (κ1) is 29.0. The highest BCUT2D eigenvalue weighted by Crippen LogP contribution is 2.32. The van der Waals surface area contributed by atoms with E-state index >= 15 is 0 Å². The van der Waals surface area contributed by atoms with Crippen LogP contribution in [0.5, 0.6) is 0 Å². The Morgan fingerprint density at radius 2 is 1.86 bits per heavy atom. The molecule has 3 heterocycles. The number of benzene rings is 1. The topological polar surface area (TPSA) is 122 Å². The first-order valence-electron chi connectivity index (χ1n) is 11.6. The highest BCUT2D eigenvalue weighted by atomic mass is 19.1. The molecule has 3 N–H and O–H groups in total. The molecule has 0 spiro atoms. The Balaban J connectivity index is 0.000000414. The Morgan fingerprint density at radius 3 is 2.43 bits per heavy atom. The van der Waals surface area contributed by atoms with Crippen LogP contribution in [0.25, 0.3) is 11.3 Å². The Bertz CT molecular complexity index is 1220. The average molecular weight is 514 g/mol. The number of aromatic nitrogens is 2. The SMILES string of the molecule is CC.CNCCOC(C)=O.O=Cc1ccc(Nc2cc(-c3c(F)cccc3F)nc3c2C(=O)NC3)nc1. The Hall–Kier alpha value is -4.25. The van der Waals surface area contributed by atoms with Gasteiger partial charge in [-0.05, 0) is 37.4 Å². The number of hydrogen-bond donors (Lipinski definition) is 3. The summed E-state index contributed by atoms with van der Waals surface area (Å²) in [6, 6.07) is 8.08. The molecule has 1 amide bonds. The molecular weight excluding hydrogens is 484 g/mol. The Labute approximate surface area is 213 Å². The van der Waals surface area contributed by atoms with E-state index < -0.39 is 11.6 Å². The van der Waals surface area contributed by atoms with Crippen LogP contribution in [0.4, 0.5) is 20.3 Å². The van der Waals surface area contributed by atoms with Gasteiger partial charge in [0.1, 0.15) is 24.1 Å². The molecule has 1 aromatic carbocycles. The van der Waals surface area contributed by atoms with Crippen molar-refractivity contribution in [2.24, 2.45) is 0 Å². The van der Waals surface area contributed by atoms with Gasteiger partial charge in [-0.1, -0.05) is 19.9 Å². The number of aldehydes is 1. The second-order valence-electron chi connectivity index (χ2n) is 7.32. The standard InChI is InChI=1S/C19H12F2N4O2.C5H11NO2.C2H6/c20-11-2-1-3-12(21)17(11)13-6-14(18-15(24-13)8-23-19(18)27)25-16-5-4-10(9-26)7-22-16;1-5(7)8-4-3-6-2;1-2/h1-7,9H,8H2,(H,23,27)(H,22,24,25);6H,3-4H2,1-2H3;1-2H3. The van der Waals surface area contributed by atoms with Crippen LogP contribution in [-0.2, 0) is 16.1 Å². The predicted molar refractivity (Wildman–Crippen MR) is 136 cm³/mol. The van der Waals surface area contributed by atoms with Gasteiger partial charge in [-0.25, -0.2) is 18.7 Å². The summed E-state index contributed by atoms with van der Waals surface area (Å²) in [6.07, 6.45) is 2.03. The van der Waals surface area contributed by atoms with Crippen molar-refractivity contribution in [3.63, 3.8) is 0 Å². The quantitative estimate of drug-likeness (QED) is 0.246. The molecule has 0 aliphatic carbocycles. The second kappa shape index (κ2) is 14.3. The molecule has 11 heteroatoms. The van der Waals surface area contributed by atoms with Gasteiger partial charge >= 0.3 is 5.97 Å². The number of ether oxygens (including phenoxy) is 1. The van der Waals surface area contributed by atoms with Crippen LogP contribution >= 0.6 is 0 Å². The van der Waals surface area contributed by atoms with Crippen molar-refractivity contribution in [1.29, 1.82) is 0 Å². The number of esters is 1. The normalized spacial score (nSPS) is 11.1. The Kier molecular flexibility index (Phi) is 11.2. The number of rotatable bonds is 7. The fraction of sp³-hybridized carbons (Fsp3) is 0.269. The fourth-order valence-corrected chi connectivity index (χ4v) is 3.18. The van der Waals surface area contributed by atoms with Crippen LogP contribution in [0.1, 0.15) is 47.2 Å². The van der Waals surface area contributed by atoms with Crippen molar-refractivity contribution in [2.75, 3.05) is 25.5 Å². The van der Waals surface area contributed by atoms with Crippen LogP contribution in [-0.4, -0.2) is 48.3 Å². The number of nitrogens with one attached hydrogen (secondary N) is 3. The van der Waals surface area contributed by atoms with Gasteiger partial charge in [0.05, 0.1) is 34.7 Å². The summed E-state index contributed by atoms with van der Waals surface area (Å²) in [5, 5.41) is 8.45. The van der Waals surface area contributed by atoms with Crippen LogP contribution < -0.4 is 16.0 Å². The van der Waals surface area contributed by atoms with E-state index in [1.165, 1.54) is 25.3 Å². The zero-order valence-electron chi connectivity index (χ0n) is 21.0. The number of likely N-dealkylation sites (N-methyl/N-ethyl adjacent to an activating group) is 1. The number of carbonyl (C=O) groups is 3. The summed E-state index contributed by atoms with van der Waals surface area (Å²) < 4.78 is 32.9. The molecule has 1 aliphatic heterocycles. The molecule has 0 fully saturated rings. The maximum atomic E-state index is 14.2. The minimum absolute atomic E-state index is 0.0628. The monoisotopic (exact) mass is 513 g/mol. The molecular formula is C26H29F2N5O4. The molecule has 0 atom stereocenters. The third-order valence-corrected chi connectivity index (χ3v) is 4.80. The predicted octanol–water partition coefficient (Wildman–Crippen LogP) is 4.02. The largest absolute Gasteiger partial charge is 0.465 e. The summed E-state index contributed by atoms with van der Waals surface area (Å²) in [5.41, 5.74) is 1.18. The highest BCUT2D eigenvalue weighted by Gasteiger charge is 2.27. The number of nitrogens with zero attached hydrogens (tertiary/aromatic N) is 2. The second-order valence-corrected chi connectivity index (χ2v) is 7.32. The van der Waals surface area contributed by atoms with E-state index in [1.54, 1.807) is 12.1 Å². The molecule has 2 aromatic heterocycles. The smallest absolute Gasteiger partial charge is 0.302 e. The molecule has 4 rings (SSSR count). The van der Waals surface area contributed by atoms with E-state index in [2.05, 4.69) is 30.7 Å². The molecule has 196 valence electrons. The van der Waals surface area contributed by atoms with Crippen LogP contribution in [0, 0.1) is 11.6 Å². The first-order chi connectivity index (χ1) is 17.8. The maximum Gasteiger partial charge on any atom is 0.302 e. The number of carbonyl (C=O) groups excluding carboxylic acids is 3. The number of anilines is 2. The number of amides is 1. The van der Waals surface area contributed by atoms with Crippen molar-refractivity contribution in [3.05, 3.63) is 71.1 Å². The Morgan fingerprint density at radius 1 is 1.16 bits per heavy atom. The van der Waals surface area contributed by atoms with E-state index in [1.807, 2.05) is 20.9 Å². The van der Waals surface area contributed by atoms with Crippen molar-refractivity contribution < 1.29 is 27.9 Å². The van der Waals surface area contributed by atoms with Gasteiger partial charge in [0, 0.05) is 25.2 Å². The summed E-state index contributed by atoms with van der Waals surface area (Å²) >= 11 is 0. The summed E-state index contributed by atoms with van der Waals surface area (Å²) in [4.78, 5) is 41.3. The van der Waals surface area contributed by atoms with Crippen molar-refractivity contribution in [1.82, 2.24) is 20.6 Å². The van der Waals surface area contributed by atoms with Gasteiger partial charge in [0.15, 0.2) is 6.29 Å². The van der Waals surface area contributed by atoms with Gasteiger partial charge < -0.3 is 20.7 Å². The zero-order valence-corrected chi connectivity index (χ0v) is 21.0. The third-order valence-electron chi connectivity index (χ3n) is 4.80. The average Bonchev–Trinajstić information content (AvgIpc) is 3.27. The number of halogens is 2. The zero-order chi connectivity index (χ0) is 27.4. The minimum atomic E-state index is -0.751. The lowest BCUT2D eigenvalue weighted by Crippen LogP contribution is -2.15. The molecule has 1 aliphatic rings. The van der Waals surface area contributed by atoms with Gasteiger partial charge in [-0.15, -0.1) is 0 Å². The molecule has 0 radical (unpaired) electrons. The molecule has 9 nitrogen and oxygen atoms in total. The molecule has 3 aromatic rings. The molecule has 0 saturated carbocycles. The van der Waals surface area contributed by atoms with Crippen molar-refractivity contribution >= 4 is 29.7 Å². The van der Waals surface area contributed by atoms with Gasteiger partial charge in [-0.3, -0.25) is 14.4 Å². The summed E-state index contributed by atoms with van der Waals surface area (Å²) in [7, 11) is 1.81. The lowest BCUT2D eigenvalue weighted by molar-refractivity contribution is -0.140. The summed E-state index contributed by atoms with van der Waals surface area (Å²) in [6.45, 7) is 6.74. The fourth-order valence-electron chi connectivity index (χ4n) is 3.18. The lowest BCUT2D eigenvalue weighted by atomic mass is 10.1. The van der Waals surface area contributed by atoms with E-state index in [0.717, 1.165) is 18.7 Å². The maximum absolute atomic E-state index is 14.2. The van der Waals surface area contributed by atoms with E-state index in [-0.39, 0.29) is 35.2 Å². The van der Waals surface area contributed by atoms with Crippen LogP contribution in [0.15, 0.2) is 42.6 Å². The van der Waals surface area contributed by atoms with Gasteiger partial charge in [-0.2, -0.15) is 0 Å². The number of pyridine rings is 2. The van der Waals surface area contributed by atoms with Crippen LogP contribution in [0.2, 0.25) is 0 Å². The number of hydrogen-bond acceptors (Lipinski definition) is 8. The molecule has 0 unspecified atom stereocenters. The van der Waals surface area contributed by atoms with Crippen molar-refractivity contribution in [2.45, 2.75) is 27.3 Å². The number of fused-ring (bicyclic) bond motifs is 1. The molecule has 0 saturated heterocycles. The van der Waals surface area contributed by atoms with Gasteiger partial charge in [0.25, 0.3) is 5.91 Å². The third kappa shape index (κ3) is 7.87. The molecule has 0 bridgehead atoms. The van der Waals surface area contributed by atoms with E-state index in [9.17, 15) is 23.2 Å². The first-order valence-corrected chi connectivity index (χ1v) is 11.6. The van der Waals surface area contributed by atoms with E-state index in [0.29, 0.717) is 35.7 Å². The van der Waals surface area contributed by atoms with Gasteiger partial charge in [0.2, 0.25) is 0 Å². The lowest BCUT2D eigenvalue weighted by Gasteiger charge is -2.12. The van der Waals surface area contributed by atoms with Crippen molar-refractivity contribution in [3.8, 4) is 11.3 Å². The highest BCUT2D eigenvalue weighted by molar-refractivity contribution is 6.04. The van der Waals surface area contributed by atoms with Crippen LogP contribution in [0.3, 0.4) is 0 Å². The summed E-state index contributed by atoms with van der Waals surface area (Å²) in [5.74, 6) is -1.70. The van der Waals surface area contributed by atoms with E-state index in [4.69, 9.17) is 0 Å².